The summed E-state index contributed by atoms with van der Waals surface area (Å²) in [5, 5.41) is 5.53. The van der Waals surface area contributed by atoms with Crippen molar-refractivity contribution in [3.63, 3.8) is 0 Å². The largest absolute Gasteiger partial charge is 0.351 e. The van der Waals surface area contributed by atoms with E-state index in [1.54, 1.807) is 24.3 Å². The summed E-state index contributed by atoms with van der Waals surface area (Å²) in [6.45, 7) is 2.80. The third-order valence-corrected chi connectivity index (χ3v) is 3.64. The van der Waals surface area contributed by atoms with Crippen LogP contribution in [0.5, 0.6) is 0 Å². The summed E-state index contributed by atoms with van der Waals surface area (Å²) in [5.41, 5.74) is 8.66. The number of hydrogen-bond donors (Lipinski definition) is 3. The number of nitrogens with one attached hydrogen (secondary N) is 2. The van der Waals surface area contributed by atoms with Crippen LogP contribution in [0, 0.1) is 6.92 Å². The van der Waals surface area contributed by atoms with Gasteiger partial charge >= 0.3 is 0 Å². The fourth-order valence-electron chi connectivity index (χ4n) is 2.30. The molecule has 6 heteroatoms. The lowest BCUT2D eigenvalue weighted by atomic mass is 10.1. The van der Waals surface area contributed by atoms with Crippen molar-refractivity contribution in [2.75, 3.05) is 18.4 Å². The molecule has 5 nitrogen and oxygen atoms in total. The van der Waals surface area contributed by atoms with Crippen LogP contribution < -0.4 is 16.4 Å². The van der Waals surface area contributed by atoms with Crippen LogP contribution in [-0.4, -0.2) is 24.9 Å². The highest BCUT2D eigenvalue weighted by atomic mass is 35.5. The third kappa shape index (κ3) is 6.57. The molecule has 2 amide bonds. The molecule has 0 saturated heterocycles. The number of hydrogen-bond acceptors (Lipinski definition) is 3. The summed E-state index contributed by atoms with van der Waals surface area (Å²) in [5.74, 6) is -0.357. The van der Waals surface area contributed by atoms with Crippen molar-refractivity contribution in [3.8, 4) is 0 Å². The van der Waals surface area contributed by atoms with Gasteiger partial charge in [0.05, 0.1) is 11.3 Å². The van der Waals surface area contributed by atoms with Gasteiger partial charge in [-0.05, 0) is 31.0 Å². The Bertz CT molecular complexity index is 702. The summed E-state index contributed by atoms with van der Waals surface area (Å²) in [7, 11) is 0. The van der Waals surface area contributed by atoms with E-state index in [1.165, 1.54) is 5.56 Å². The van der Waals surface area contributed by atoms with Crippen LogP contribution >= 0.6 is 12.4 Å². The van der Waals surface area contributed by atoms with E-state index >= 15 is 0 Å². The molecule has 0 heterocycles. The van der Waals surface area contributed by atoms with Crippen molar-refractivity contribution in [1.82, 2.24) is 5.32 Å². The summed E-state index contributed by atoms with van der Waals surface area (Å²) >= 11 is 0. The minimum absolute atomic E-state index is 0. The first-order valence-corrected chi connectivity index (χ1v) is 8.03. The molecule has 0 aliphatic rings. The second-order valence-electron chi connectivity index (χ2n) is 5.62. The second-order valence-corrected chi connectivity index (χ2v) is 5.62. The molecule has 2 aromatic carbocycles. The number of benzene rings is 2. The Balaban J connectivity index is 0.00000312. The summed E-state index contributed by atoms with van der Waals surface area (Å²) in [4.78, 5) is 24.3. The average Bonchev–Trinajstić information content (AvgIpc) is 2.59. The number of nitrogens with two attached hydrogens (primary N) is 1. The van der Waals surface area contributed by atoms with Crippen LogP contribution in [0.1, 0.15) is 27.9 Å². The quantitative estimate of drug-likeness (QED) is 0.708. The lowest BCUT2D eigenvalue weighted by molar-refractivity contribution is -0.116. The molecule has 0 aliphatic carbocycles. The lowest BCUT2D eigenvalue weighted by Crippen LogP contribution is -2.30. The normalized spacial score (nSPS) is 9.84. The van der Waals surface area contributed by atoms with Gasteiger partial charge < -0.3 is 16.4 Å². The first-order valence-electron chi connectivity index (χ1n) is 8.03. The van der Waals surface area contributed by atoms with E-state index in [2.05, 4.69) is 10.6 Å². The maximum Gasteiger partial charge on any atom is 0.253 e. The van der Waals surface area contributed by atoms with Crippen molar-refractivity contribution in [1.29, 1.82) is 0 Å². The molecule has 134 valence electrons. The molecule has 0 aliphatic heterocycles. The zero-order valence-corrected chi connectivity index (χ0v) is 15.1. The van der Waals surface area contributed by atoms with E-state index in [0.717, 1.165) is 5.56 Å². The number of anilines is 1. The minimum Gasteiger partial charge on any atom is -0.351 e. The number of rotatable bonds is 7. The Morgan fingerprint density at radius 2 is 1.72 bits per heavy atom. The van der Waals surface area contributed by atoms with Crippen molar-refractivity contribution in [3.05, 3.63) is 65.2 Å². The van der Waals surface area contributed by atoms with Gasteiger partial charge in [0, 0.05) is 19.5 Å². The molecule has 0 atom stereocenters. The van der Waals surface area contributed by atoms with Gasteiger partial charge in [-0.15, -0.1) is 12.4 Å². The molecule has 2 aromatic rings. The van der Waals surface area contributed by atoms with Crippen molar-refractivity contribution in [2.24, 2.45) is 5.73 Å². The molecule has 0 fully saturated rings. The first kappa shape index (κ1) is 20.7. The highest BCUT2D eigenvalue weighted by Crippen LogP contribution is 2.15. The second kappa shape index (κ2) is 10.5. The van der Waals surface area contributed by atoms with Crippen molar-refractivity contribution in [2.45, 2.75) is 19.8 Å². The van der Waals surface area contributed by atoms with Crippen LogP contribution in [0.15, 0.2) is 48.5 Å². The number of carbonyl (C=O) groups is 2. The van der Waals surface area contributed by atoms with E-state index in [4.69, 9.17) is 5.73 Å². The average molecular weight is 362 g/mol. The third-order valence-electron chi connectivity index (χ3n) is 3.64. The lowest BCUT2D eigenvalue weighted by Gasteiger charge is -2.11. The summed E-state index contributed by atoms with van der Waals surface area (Å²) in [6.07, 6.45) is 1.02. The molecule has 0 saturated carbocycles. The van der Waals surface area contributed by atoms with Crippen molar-refractivity contribution < 1.29 is 9.59 Å². The fraction of sp³-hybridized carbons (Fsp3) is 0.263. The zero-order valence-electron chi connectivity index (χ0n) is 14.2. The van der Waals surface area contributed by atoms with Gasteiger partial charge in [-0.2, -0.15) is 0 Å². The molecule has 0 aromatic heterocycles. The van der Waals surface area contributed by atoms with E-state index in [0.29, 0.717) is 37.2 Å². The highest BCUT2D eigenvalue weighted by Gasteiger charge is 2.12. The first-order chi connectivity index (χ1) is 11.6. The highest BCUT2D eigenvalue weighted by molar-refractivity contribution is 6.03. The number of halogens is 1. The van der Waals surface area contributed by atoms with Crippen LogP contribution in [0.2, 0.25) is 0 Å². The van der Waals surface area contributed by atoms with E-state index in [-0.39, 0.29) is 24.2 Å². The van der Waals surface area contributed by atoms with Gasteiger partial charge in [0.25, 0.3) is 5.91 Å². The molecule has 25 heavy (non-hydrogen) atoms. The van der Waals surface area contributed by atoms with Gasteiger partial charge in [-0.25, -0.2) is 0 Å². The molecule has 0 unspecified atom stereocenters. The molecule has 4 N–H and O–H groups in total. The Kier molecular flexibility index (Phi) is 8.67. The molecule has 0 spiro atoms. The summed E-state index contributed by atoms with van der Waals surface area (Å²) in [6, 6.07) is 15.1. The molecule has 2 rings (SSSR count). The van der Waals surface area contributed by atoms with Gasteiger partial charge in [-0.1, -0.05) is 42.0 Å². The predicted octanol–water partition coefficient (Wildman–Crippen LogP) is 2.68. The minimum atomic E-state index is -0.241. The Morgan fingerprint density at radius 3 is 2.40 bits per heavy atom. The van der Waals surface area contributed by atoms with Crippen LogP contribution in [0.25, 0.3) is 0 Å². The monoisotopic (exact) mass is 361 g/mol. The van der Waals surface area contributed by atoms with Gasteiger partial charge in [0.1, 0.15) is 0 Å². The topological polar surface area (TPSA) is 84.2 Å². The van der Waals surface area contributed by atoms with E-state index in [1.807, 2.05) is 31.2 Å². The standard InChI is InChI=1S/C19H23N3O2.ClH/c1-14-6-8-15(9-7-14)10-11-18(23)22-17-5-3-2-4-16(17)19(24)21-13-12-20;/h2-9H,10-13,20H2,1H3,(H,21,24)(H,22,23);1H. The Morgan fingerprint density at radius 1 is 1.04 bits per heavy atom. The van der Waals surface area contributed by atoms with Gasteiger partial charge in [0.15, 0.2) is 0 Å². The fourth-order valence-corrected chi connectivity index (χ4v) is 2.30. The summed E-state index contributed by atoms with van der Waals surface area (Å²) < 4.78 is 0. The number of carbonyl (C=O) groups excluding carboxylic acids is 2. The molecular formula is C19H24ClN3O2. The molecular weight excluding hydrogens is 338 g/mol. The maximum absolute atomic E-state index is 12.2. The van der Waals surface area contributed by atoms with E-state index in [9.17, 15) is 9.59 Å². The predicted molar refractivity (Wildman–Crippen MR) is 103 cm³/mol. The van der Waals surface area contributed by atoms with Gasteiger partial charge in [-0.3, -0.25) is 9.59 Å². The molecule has 0 radical (unpaired) electrons. The zero-order chi connectivity index (χ0) is 17.4. The van der Waals surface area contributed by atoms with Crippen molar-refractivity contribution >= 4 is 29.9 Å². The Hall–Kier alpha value is -2.37. The Labute approximate surface area is 154 Å². The number of amides is 2. The van der Waals surface area contributed by atoms with E-state index < -0.39 is 0 Å². The smallest absolute Gasteiger partial charge is 0.253 e. The number of aryl methyl sites for hydroxylation is 2. The SMILES string of the molecule is Cc1ccc(CCC(=O)Nc2ccccc2C(=O)NCCN)cc1.Cl. The maximum atomic E-state index is 12.2. The van der Waals surface area contributed by atoms with Crippen LogP contribution in [0.4, 0.5) is 5.69 Å². The van der Waals surface area contributed by atoms with Gasteiger partial charge in [0.2, 0.25) is 5.91 Å². The number of para-hydroxylation sites is 1. The molecule has 0 bridgehead atoms. The van der Waals surface area contributed by atoms with Crippen LogP contribution in [0.3, 0.4) is 0 Å². The van der Waals surface area contributed by atoms with Crippen LogP contribution in [-0.2, 0) is 11.2 Å².